The van der Waals surface area contributed by atoms with E-state index in [0.29, 0.717) is 18.0 Å². The second kappa shape index (κ2) is 7.82. The molecule has 0 bridgehead atoms. The molecule has 2 aliphatic rings. The topological polar surface area (TPSA) is 52.6 Å². The Bertz CT molecular complexity index is 503. The van der Waals surface area contributed by atoms with Crippen LogP contribution < -0.4 is 10.2 Å². The van der Waals surface area contributed by atoms with Crippen molar-refractivity contribution < 1.29 is 9.90 Å². The van der Waals surface area contributed by atoms with Crippen molar-refractivity contribution in [1.82, 2.24) is 5.32 Å². The zero-order chi connectivity index (χ0) is 16.1. The number of nitrogens with zero attached hydrogens (tertiary/aromatic N) is 1. The molecule has 1 unspecified atom stereocenters. The second-order valence-corrected chi connectivity index (χ2v) is 6.92. The van der Waals surface area contributed by atoms with Gasteiger partial charge in [-0.15, -0.1) is 0 Å². The highest BCUT2D eigenvalue weighted by molar-refractivity contribution is 5.94. The fourth-order valence-corrected chi connectivity index (χ4v) is 3.78. The molecule has 2 N–H and O–H groups in total. The highest BCUT2D eigenvalue weighted by atomic mass is 16.3. The molecule has 4 nitrogen and oxygen atoms in total. The van der Waals surface area contributed by atoms with Crippen LogP contribution in [0.25, 0.3) is 0 Å². The van der Waals surface area contributed by atoms with Crippen molar-refractivity contribution in [2.24, 2.45) is 5.92 Å². The van der Waals surface area contributed by atoms with Gasteiger partial charge in [0.1, 0.15) is 0 Å². The first-order chi connectivity index (χ1) is 11.2. The number of benzene rings is 1. The predicted molar refractivity (Wildman–Crippen MR) is 92.8 cm³/mol. The summed E-state index contributed by atoms with van der Waals surface area (Å²) in [5.74, 6) is 0.268. The summed E-state index contributed by atoms with van der Waals surface area (Å²) >= 11 is 0. The summed E-state index contributed by atoms with van der Waals surface area (Å²) < 4.78 is 0. The first-order valence-corrected chi connectivity index (χ1v) is 9.05. The summed E-state index contributed by atoms with van der Waals surface area (Å²) in [6, 6.07) is 7.85. The average molecular weight is 316 g/mol. The standard InChI is InChI=1S/C19H28N2O2/c22-18(15-6-2-3-7-15)14-20-19(23)16-8-10-17(11-9-16)21-12-4-1-5-13-21/h8-11,15,18,22H,1-7,12-14H2,(H,20,23). The van der Waals surface area contributed by atoms with E-state index < -0.39 is 6.10 Å². The molecular formula is C19H28N2O2. The number of aliphatic hydroxyl groups excluding tert-OH is 1. The second-order valence-electron chi connectivity index (χ2n) is 6.92. The third kappa shape index (κ3) is 4.25. The van der Waals surface area contributed by atoms with Gasteiger partial charge in [0.25, 0.3) is 5.91 Å². The van der Waals surface area contributed by atoms with E-state index in [1.807, 2.05) is 24.3 Å². The zero-order valence-electron chi connectivity index (χ0n) is 13.8. The molecule has 1 atom stereocenters. The van der Waals surface area contributed by atoms with Gasteiger partial charge >= 0.3 is 0 Å². The smallest absolute Gasteiger partial charge is 0.251 e. The summed E-state index contributed by atoms with van der Waals surface area (Å²) in [4.78, 5) is 14.6. The van der Waals surface area contributed by atoms with Crippen molar-refractivity contribution in [1.29, 1.82) is 0 Å². The molecular weight excluding hydrogens is 288 g/mol. The van der Waals surface area contributed by atoms with E-state index in [4.69, 9.17) is 0 Å². The lowest BCUT2D eigenvalue weighted by atomic mass is 10.0. The highest BCUT2D eigenvalue weighted by Gasteiger charge is 2.23. The van der Waals surface area contributed by atoms with E-state index in [1.54, 1.807) is 0 Å². The van der Waals surface area contributed by atoms with E-state index in [9.17, 15) is 9.90 Å². The fourth-order valence-electron chi connectivity index (χ4n) is 3.78. The quantitative estimate of drug-likeness (QED) is 0.878. The molecule has 2 fully saturated rings. The van der Waals surface area contributed by atoms with Gasteiger partial charge in [-0.05, 0) is 62.3 Å². The number of amides is 1. The Morgan fingerprint density at radius 1 is 1.09 bits per heavy atom. The van der Waals surface area contributed by atoms with Crippen molar-refractivity contribution >= 4 is 11.6 Å². The SMILES string of the molecule is O=C(NCC(O)C1CCCC1)c1ccc(N2CCCCC2)cc1. The Labute approximate surface area is 138 Å². The van der Waals surface area contributed by atoms with Crippen LogP contribution in [0.15, 0.2) is 24.3 Å². The number of hydrogen-bond donors (Lipinski definition) is 2. The molecule has 1 saturated carbocycles. The minimum atomic E-state index is -0.408. The van der Waals surface area contributed by atoms with Gasteiger partial charge in [0.05, 0.1) is 6.10 Å². The molecule has 126 valence electrons. The van der Waals surface area contributed by atoms with E-state index in [-0.39, 0.29) is 5.91 Å². The van der Waals surface area contributed by atoms with Crippen molar-refractivity contribution in [3.8, 4) is 0 Å². The number of carbonyl (C=O) groups is 1. The molecule has 1 amide bonds. The minimum Gasteiger partial charge on any atom is -0.391 e. The van der Waals surface area contributed by atoms with Crippen LogP contribution in [0.2, 0.25) is 0 Å². The van der Waals surface area contributed by atoms with Crippen LogP contribution in [-0.4, -0.2) is 36.8 Å². The number of aliphatic hydroxyl groups is 1. The highest BCUT2D eigenvalue weighted by Crippen LogP contribution is 2.27. The van der Waals surface area contributed by atoms with E-state index in [1.165, 1.54) is 37.8 Å². The first kappa shape index (κ1) is 16.3. The minimum absolute atomic E-state index is 0.0905. The Morgan fingerprint density at radius 2 is 1.74 bits per heavy atom. The zero-order valence-corrected chi connectivity index (χ0v) is 13.8. The molecule has 1 aliphatic heterocycles. The summed E-state index contributed by atoms with van der Waals surface area (Å²) in [7, 11) is 0. The fraction of sp³-hybridized carbons (Fsp3) is 0.632. The number of nitrogens with one attached hydrogen (secondary N) is 1. The maximum atomic E-state index is 12.2. The van der Waals surface area contributed by atoms with Gasteiger partial charge in [-0.25, -0.2) is 0 Å². The number of hydrogen-bond acceptors (Lipinski definition) is 3. The monoisotopic (exact) mass is 316 g/mol. The van der Waals surface area contributed by atoms with Gasteiger partial charge < -0.3 is 15.3 Å². The molecule has 0 aromatic heterocycles. The van der Waals surface area contributed by atoms with Crippen molar-refractivity contribution in [3.05, 3.63) is 29.8 Å². The molecule has 0 spiro atoms. The molecule has 1 saturated heterocycles. The lowest BCUT2D eigenvalue weighted by Gasteiger charge is -2.28. The lowest BCUT2D eigenvalue weighted by Crippen LogP contribution is -2.35. The molecule has 1 aromatic rings. The van der Waals surface area contributed by atoms with Crippen LogP contribution in [0.5, 0.6) is 0 Å². The maximum Gasteiger partial charge on any atom is 0.251 e. The number of piperidine rings is 1. The Morgan fingerprint density at radius 3 is 2.39 bits per heavy atom. The maximum absolute atomic E-state index is 12.2. The summed E-state index contributed by atoms with van der Waals surface area (Å²) in [6.07, 6.45) is 7.99. The molecule has 1 aromatic carbocycles. The molecule has 1 heterocycles. The van der Waals surface area contributed by atoms with Gasteiger partial charge in [0.2, 0.25) is 0 Å². The number of carbonyl (C=O) groups excluding carboxylic acids is 1. The Balaban J connectivity index is 1.50. The van der Waals surface area contributed by atoms with Gasteiger partial charge in [0.15, 0.2) is 0 Å². The third-order valence-corrected chi connectivity index (χ3v) is 5.27. The van der Waals surface area contributed by atoms with Crippen LogP contribution in [0.3, 0.4) is 0 Å². The normalized spacial score (nSPS) is 20.5. The molecule has 4 heteroatoms. The summed E-state index contributed by atoms with van der Waals surface area (Å²) in [5, 5.41) is 13.0. The average Bonchev–Trinajstić information content (AvgIpc) is 3.15. The van der Waals surface area contributed by atoms with Crippen LogP contribution >= 0.6 is 0 Å². The van der Waals surface area contributed by atoms with Crippen LogP contribution in [0, 0.1) is 5.92 Å². The number of anilines is 1. The van der Waals surface area contributed by atoms with Crippen molar-refractivity contribution in [2.45, 2.75) is 51.0 Å². The molecule has 0 radical (unpaired) electrons. The summed E-state index contributed by atoms with van der Waals surface area (Å²) in [5.41, 5.74) is 1.87. The Hall–Kier alpha value is -1.55. The predicted octanol–water partition coefficient (Wildman–Crippen LogP) is 2.96. The molecule has 3 rings (SSSR count). The largest absolute Gasteiger partial charge is 0.391 e. The molecule has 23 heavy (non-hydrogen) atoms. The Kier molecular flexibility index (Phi) is 5.55. The van der Waals surface area contributed by atoms with Crippen LogP contribution in [0.4, 0.5) is 5.69 Å². The lowest BCUT2D eigenvalue weighted by molar-refractivity contribution is 0.0840. The van der Waals surface area contributed by atoms with Crippen molar-refractivity contribution in [3.63, 3.8) is 0 Å². The number of rotatable bonds is 5. The van der Waals surface area contributed by atoms with Gasteiger partial charge in [-0.1, -0.05) is 12.8 Å². The van der Waals surface area contributed by atoms with E-state index in [2.05, 4.69) is 10.2 Å². The van der Waals surface area contributed by atoms with Crippen LogP contribution in [0.1, 0.15) is 55.3 Å². The first-order valence-electron chi connectivity index (χ1n) is 9.05. The van der Waals surface area contributed by atoms with Crippen molar-refractivity contribution in [2.75, 3.05) is 24.5 Å². The van der Waals surface area contributed by atoms with Gasteiger partial charge in [0, 0.05) is 30.9 Å². The van der Waals surface area contributed by atoms with Gasteiger partial charge in [-0.3, -0.25) is 4.79 Å². The third-order valence-electron chi connectivity index (χ3n) is 5.27. The van der Waals surface area contributed by atoms with Crippen LogP contribution in [-0.2, 0) is 0 Å². The molecule has 1 aliphatic carbocycles. The van der Waals surface area contributed by atoms with E-state index >= 15 is 0 Å². The van der Waals surface area contributed by atoms with Gasteiger partial charge in [-0.2, -0.15) is 0 Å². The van der Waals surface area contributed by atoms with E-state index in [0.717, 1.165) is 25.9 Å². The summed E-state index contributed by atoms with van der Waals surface area (Å²) in [6.45, 7) is 2.58.